The first-order valence-corrected chi connectivity index (χ1v) is 12.0. The van der Waals surface area contributed by atoms with Gasteiger partial charge in [0.05, 0.1) is 18.2 Å². The van der Waals surface area contributed by atoms with Gasteiger partial charge in [-0.15, -0.1) is 0 Å². The molecule has 0 aliphatic carbocycles. The van der Waals surface area contributed by atoms with Crippen molar-refractivity contribution in [3.63, 3.8) is 0 Å². The molecule has 2 aromatic rings. The van der Waals surface area contributed by atoms with Crippen LogP contribution in [0.5, 0.6) is 5.75 Å². The average molecular weight is 521 g/mol. The van der Waals surface area contributed by atoms with Gasteiger partial charge in [0.2, 0.25) is 0 Å². The summed E-state index contributed by atoms with van der Waals surface area (Å²) in [4.78, 5) is 1.96. The second-order valence-electron chi connectivity index (χ2n) is 8.47. The lowest BCUT2D eigenvalue weighted by atomic mass is 9.84. The van der Waals surface area contributed by atoms with Gasteiger partial charge in [0.15, 0.2) is 0 Å². The van der Waals surface area contributed by atoms with Crippen molar-refractivity contribution in [2.45, 2.75) is 49.1 Å². The number of halogens is 6. The number of fused-ring (bicyclic) bond motifs is 2. The second-order valence-corrected chi connectivity index (χ2v) is 10.0. The molecule has 12 heteroatoms. The Morgan fingerprint density at radius 2 is 1.63 bits per heavy atom. The van der Waals surface area contributed by atoms with E-state index in [2.05, 4.69) is 4.18 Å². The Bertz CT molecular complexity index is 1210. The third kappa shape index (κ3) is 4.86. The molecule has 0 spiro atoms. The van der Waals surface area contributed by atoms with Crippen LogP contribution in [0.4, 0.5) is 26.3 Å². The van der Waals surface area contributed by atoms with Crippen molar-refractivity contribution in [2.24, 2.45) is 0 Å². The molecule has 0 radical (unpaired) electrons. The number of rotatable bonds is 6. The Balaban J connectivity index is 1.76. The van der Waals surface area contributed by atoms with E-state index >= 15 is 0 Å². The van der Waals surface area contributed by atoms with Crippen LogP contribution in [0.25, 0.3) is 0 Å². The van der Waals surface area contributed by atoms with E-state index in [4.69, 9.17) is 4.74 Å². The van der Waals surface area contributed by atoms with E-state index in [-0.39, 0.29) is 18.2 Å². The molecular weight excluding hydrogens is 500 g/mol. The molecule has 2 aliphatic rings. The minimum Gasteiger partial charge on any atom is -0.497 e. The highest BCUT2D eigenvalue weighted by Gasteiger charge is 2.53. The third-order valence-corrected chi connectivity index (χ3v) is 7.37. The van der Waals surface area contributed by atoms with E-state index in [0.29, 0.717) is 30.7 Å². The average Bonchev–Trinajstić information content (AvgIpc) is 2.98. The summed E-state index contributed by atoms with van der Waals surface area (Å²) in [7, 11) is -4.37. The zero-order chi connectivity index (χ0) is 25.6. The van der Waals surface area contributed by atoms with Crippen molar-refractivity contribution in [2.75, 3.05) is 7.11 Å². The van der Waals surface area contributed by atoms with Crippen LogP contribution in [-0.4, -0.2) is 32.0 Å². The van der Waals surface area contributed by atoms with E-state index in [0.717, 1.165) is 17.7 Å². The summed E-state index contributed by atoms with van der Waals surface area (Å²) in [6.45, 7) is 0.325. The highest BCUT2D eigenvalue weighted by atomic mass is 32.2. The maximum absolute atomic E-state index is 13.1. The van der Waals surface area contributed by atoms with E-state index < -0.39 is 32.9 Å². The van der Waals surface area contributed by atoms with Crippen molar-refractivity contribution >= 4 is 10.1 Å². The van der Waals surface area contributed by atoms with Crippen LogP contribution in [-0.2, 0) is 32.6 Å². The number of benzene rings is 2. The van der Waals surface area contributed by atoms with Crippen molar-refractivity contribution in [1.29, 1.82) is 0 Å². The molecule has 5 nitrogen and oxygen atoms in total. The number of ether oxygens (including phenoxy) is 1. The molecule has 0 amide bonds. The quantitative estimate of drug-likeness (QED) is 0.276. The molecule has 1 fully saturated rings. The zero-order valence-electron chi connectivity index (χ0n) is 18.4. The van der Waals surface area contributed by atoms with Crippen molar-refractivity contribution in [3.8, 4) is 5.75 Å². The highest BCUT2D eigenvalue weighted by Crippen LogP contribution is 2.51. The molecule has 190 valence electrons. The van der Waals surface area contributed by atoms with Gasteiger partial charge in [-0.1, -0.05) is 24.3 Å². The molecule has 0 N–H and O–H groups in total. The topological polar surface area (TPSA) is 55.8 Å². The van der Waals surface area contributed by atoms with Crippen LogP contribution in [0.15, 0.2) is 60.4 Å². The van der Waals surface area contributed by atoms with Crippen LogP contribution in [0.3, 0.4) is 0 Å². The molecular formula is C23H21F6NO4S. The Kier molecular flexibility index (Phi) is 6.33. The number of alkyl halides is 6. The predicted octanol–water partition coefficient (Wildman–Crippen LogP) is 5.73. The van der Waals surface area contributed by atoms with Gasteiger partial charge in [-0.25, -0.2) is 0 Å². The molecule has 2 aromatic carbocycles. The number of methoxy groups -OCH3 is 1. The number of hydrogen-bond donors (Lipinski definition) is 0. The maximum atomic E-state index is 13.1. The monoisotopic (exact) mass is 521 g/mol. The van der Waals surface area contributed by atoms with Gasteiger partial charge in [-0.05, 0) is 54.3 Å². The van der Waals surface area contributed by atoms with Crippen LogP contribution in [0.1, 0.15) is 36.0 Å². The lowest BCUT2D eigenvalue weighted by Gasteiger charge is -2.43. The fraction of sp³-hybridized carbons (Fsp3) is 0.391. The summed E-state index contributed by atoms with van der Waals surface area (Å²) < 4.78 is 111. The smallest absolute Gasteiger partial charge is 0.497 e. The van der Waals surface area contributed by atoms with Gasteiger partial charge >= 0.3 is 21.8 Å². The molecule has 2 bridgehead atoms. The minimum atomic E-state index is -5.88. The van der Waals surface area contributed by atoms with Gasteiger partial charge in [0.1, 0.15) is 11.5 Å². The first kappa shape index (κ1) is 25.4. The molecule has 2 atom stereocenters. The summed E-state index contributed by atoms with van der Waals surface area (Å²) in [5.74, 6) is 0.247. The number of hydrogen-bond acceptors (Lipinski definition) is 5. The standard InChI is InChI=1S/C23H21F6NO4S/c1-33-19-8-2-15(3-9-19)14-30-18-10-11-21(30,16-4-6-17(7-5-16)22(24,25)26)13-20(12-18)34-35(31,32)23(27,28)29/h2-9,13,18H,10-12,14H2,1H3/t18-,21+/m1/s1. The lowest BCUT2D eigenvalue weighted by molar-refractivity contribution is -0.137. The van der Waals surface area contributed by atoms with E-state index in [1.165, 1.54) is 25.3 Å². The van der Waals surface area contributed by atoms with E-state index in [1.54, 1.807) is 12.1 Å². The SMILES string of the molecule is COc1ccc(CN2[C@@H]3CC[C@@]2(c2ccc(C(F)(F)F)cc2)C=C(OS(=O)(=O)C(F)(F)F)C3)cc1. The fourth-order valence-electron chi connectivity index (χ4n) is 4.72. The van der Waals surface area contributed by atoms with Gasteiger partial charge in [0.25, 0.3) is 0 Å². The molecule has 0 aromatic heterocycles. The van der Waals surface area contributed by atoms with Gasteiger partial charge in [-0.2, -0.15) is 34.8 Å². The van der Waals surface area contributed by atoms with Crippen molar-refractivity contribution < 1.29 is 43.7 Å². The Morgan fingerprint density at radius 1 is 1.00 bits per heavy atom. The summed E-state index contributed by atoms with van der Waals surface area (Å²) in [6, 6.07) is 11.1. The first-order chi connectivity index (χ1) is 16.2. The zero-order valence-corrected chi connectivity index (χ0v) is 19.2. The number of nitrogens with zero attached hydrogens (tertiary/aromatic N) is 1. The van der Waals surface area contributed by atoms with Crippen molar-refractivity contribution in [3.05, 3.63) is 77.1 Å². The van der Waals surface area contributed by atoms with Crippen LogP contribution < -0.4 is 4.74 Å². The Morgan fingerprint density at radius 3 is 2.17 bits per heavy atom. The fourth-order valence-corrected chi connectivity index (χ4v) is 5.21. The highest BCUT2D eigenvalue weighted by molar-refractivity contribution is 7.87. The van der Waals surface area contributed by atoms with Crippen molar-refractivity contribution in [1.82, 2.24) is 4.90 Å². The Hall–Kier alpha value is -2.73. The van der Waals surface area contributed by atoms with Crippen LogP contribution in [0, 0.1) is 0 Å². The van der Waals surface area contributed by atoms with Crippen LogP contribution >= 0.6 is 0 Å². The van der Waals surface area contributed by atoms with Gasteiger partial charge in [0, 0.05) is 19.0 Å². The molecule has 0 unspecified atom stereocenters. The van der Waals surface area contributed by atoms with Gasteiger partial charge < -0.3 is 8.92 Å². The molecule has 35 heavy (non-hydrogen) atoms. The van der Waals surface area contributed by atoms with E-state index in [1.807, 2.05) is 17.0 Å². The normalized spacial score (nSPS) is 23.2. The maximum Gasteiger partial charge on any atom is 0.534 e. The Labute approximate surface area is 198 Å². The second kappa shape index (κ2) is 8.74. The predicted molar refractivity (Wildman–Crippen MR) is 113 cm³/mol. The van der Waals surface area contributed by atoms with Crippen LogP contribution in [0.2, 0.25) is 0 Å². The lowest BCUT2D eigenvalue weighted by Crippen LogP contribution is -2.46. The summed E-state index contributed by atoms with van der Waals surface area (Å²) in [5.41, 5.74) is -6.39. The van der Waals surface area contributed by atoms with E-state index in [9.17, 15) is 34.8 Å². The summed E-state index contributed by atoms with van der Waals surface area (Å²) in [5, 5.41) is 0. The molecule has 4 rings (SSSR count). The largest absolute Gasteiger partial charge is 0.534 e. The molecule has 2 heterocycles. The van der Waals surface area contributed by atoms with Gasteiger partial charge in [-0.3, -0.25) is 4.90 Å². The first-order valence-electron chi connectivity index (χ1n) is 10.5. The molecule has 2 aliphatic heterocycles. The summed E-state index contributed by atoms with van der Waals surface area (Å²) >= 11 is 0. The minimum absolute atomic E-state index is 0.0894. The summed E-state index contributed by atoms with van der Waals surface area (Å²) in [6.07, 6.45) is -2.51. The molecule has 1 saturated heterocycles. The molecule has 0 saturated carbocycles. The third-order valence-electron chi connectivity index (χ3n) is 6.37.